The summed E-state index contributed by atoms with van der Waals surface area (Å²) >= 11 is 6.62. The molecule has 0 aliphatic carbocycles. The number of aromatic nitrogens is 4. The van der Waals surface area contributed by atoms with E-state index in [1.807, 2.05) is 25.1 Å². The van der Waals surface area contributed by atoms with E-state index < -0.39 is 0 Å². The molecule has 4 N–H and O–H groups in total. The fraction of sp³-hybridized carbons (Fsp3) is 0.286. The molecule has 0 radical (unpaired) electrons. The Morgan fingerprint density at radius 1 is 1.12 bits per heavy atom. The minimum Gasteiger partial charge on any atom is -0.506 e. The summed E-state index contributed by atoms with van der Waals surface area (Å²) in [5, 5.41) is 24.9. The Morgan fingerprint density at radius 2 is 1.90 bits per heavy atom. The van der Waals surface area contributed by atoms with Gasteiger partial charge in [0.2, 0.25) is 11.9 Å². The van der Waals surface area contributed by atoms with Crippen LogP contribution in [-0.2, 0) is 4.79 Å². The maximum atomic E-state index is 12.4. The number of H-pyrrole nitrogens is 1. The standard InChI is InChI=1S/C28H32ClN9O2/c1-36(2)10-4-5-25(40)31-18-6-8-22(29)20(15-18)26-21-17-30-35-27(21)34-28(33-26)32-19-7-9-24(39)23(16-19)38-13-11-37(3)12-14-38/h4-9,15-17,39H,10-14H2,1-3H3,(H,31,40)(H2,30,32,33,34,35)/b5-4+. The minimum atomic E-state index is -0.239. The Hall–Kier alpha value is -4.19. The Labute approximate surface area is 237 Å². The smallest absolute Gasteiger partial charge is 0.248 e. The number of carbonyl (C=O) groups is 1. The van der Waals surface area contributed by atoms with Crippen molar-refractivity contribution in [2.24, 2.45) is 0 Å². The number of benzene rings is 2. The number of phenols is 1. The number of hydrogen-bond donors (Lipinski definition) is 4. The lowest BCUT2D eigenvalue weighted by Gasteiger charge is -2.34. The number of nitrogens with one attached hydrogen (secondary N) is 3. The van der Waals surface area contributed by atoms with Crippen molar-refractivity contribution in [3.8, 4) is 17.0 Å². The van der Waals surface area contributed by atoms with Gasteiger partial charge in [0.25, 0.3) is 0 Å². The molecule has 208 valence electrons. The molecule has 0 saturated carbocycles. The highest BCUT2D eigenvalue weighted by molar-refractivity contribution is 6.33. The van der Waals surface area contributed by atoms with E-state index >= 15 is 0 Å². The maximum absolute atomic E-state index is 12.4. The van der Waals surface area contributed by atoms with Gasteiger partial charge < -0.3 is 30.4 Å². The van der Waals surface area contributed by atoms with Crippen LogP contribution in [0.5, 0.6) is 5.75 Å². The number of nitrogens with zero attached hydrogens (tertiary/aromatic N) is 6. The molecule has 1 amide bonds. The highest BCUT2D eigenvalue weighted by atomic mass is 35.5. The van der Waals surface area contributed by atoms with E-state index in [1.54, 1.807) is 42.6 Å². The van der Waals surface area contributed by atoms with Gasteiger partial charge >= 0.3 is 0 Å². The molecule has 2 aromatic carbocycles. The summed E-state index contributed by atoms with van der Waals surface area (Å²) in [5.41, 5.74) is 3.78. The maximum Gasteiger partial charge on any atom is 0.248 e. The third kappa shape index (κ3) is 6.33. The topological polar surface area (TPSA) is 126 Å². The molecular weight excluding hydrogens is 530 g/mol. The number of anilines is 4. The Kier molecular flexibility index (Phi) is 8.15. The number of aromatic hydroxyl groups is 1. The monoisotopic (exact) mass is 561 g/mol. The van der Waals surface area contributed by atoms with E-state index in [1.165, 1.54) is 6.08 Å². The van der Waals surface area contributed by atoms with E-state index in [0.29, 0.717) is 45.5 Å². The number of likely N-dealkylation sites (N-methyl/N-ethyl adjacent to an activating group) is 2. The normalized spacial score (nSPS) is 14.4. The zero-order valence-electron chi connectivity index (χ0n) is 22.6. The number of piperazine rings is 1. The van der Waals surface area contributed by atoms with Crippen LogP contribution in [0.1, 0.15) is 0 Å². The number of amides is 1. The second kappa shape index (κ2) is 11.9. The van der Waals surface area contributed by atoms with Gasteiger partial charge in [-0.05, 0) is 57.5 Å². The highest BCUT2D eigenvalue weighted by Gasteiger charge is 2.19. The van der Waals surface area contributed by atoms with Crippen LogP contribution in [-0.4, -0.2) is 94.8 Å². The third-order valence-corrected chi connectivity index (χ3v) is 6.94. The molecule has 3 heterocycles. The van der Waals surface area contributed by atoms with Crippen molar-refractivity contribution < 1.29 is 9.90 Å². The lowest BCUT2D eigenvalue weighted by molar-refractivity contribution is -0.111. The SMILES string of the molecule is CN(C)C/C=C/C(=O)Nc1ccc(Cl)c(-c2nc(Nc3ccc(O)c(N4CCN(C)CC4)c3)nc3[nH]ncc23)c1. The van der Waals surface area contributed by atoms with Crippen molar-refractivity contribution in [1.29, 1.82) is 0 Å². The van der Waals surface area contributed by atoms with Gasteiger partial charge in [-0.3, -0.25) is 9.89 Å². The summed E-state index contributed by atoms with van der Waals surface area (Å²) < 4.78 is 0. The second-order valence-electron chi connectivity index (χ2n) is 10.00. The van der Waals surface area contributed by atoms with Crippen molar-refractivity contribution in [3.63, 3.8) is 0 Å². The van der Waals surface area contributed by atoms with Crippen LogP contribution in [0.2, 0.25) is 5.02 Å². The molecule has 1 aliphatic heterocycles. The van der Waals surface area contributed by atoms with Gasteiger partial charge in [0, 0.05) is 55.7 Å². The first kappa shape index (κ1) is 27.4. The quantitative estimate of drug-likeness (QED) is 0.187. The zero-order valence-corrected chi connectivity index (χ0v) is 23.4. The molecule has 4 aromatic rings. The van der Waals surface area contributed by atoms with Crippen molar-refractivity contribution in [2.75, 3.05) is 69.4 Å². The van der Waals surface area contributed by atoms with E-state index in [0.717, 1.165) is 37.6 Å². The van der Waals surface area contributed by atoms with Crippen LogP contribution in [0.4, 0.5) is 23.0 Å². The molecule has 12 heteroatoms. The van der Waals surface area contributed by atoms with E-state index in [2.05, 4.69) is 42.7 Å². The van der Waals surface area contributed by atoms with Gasteiger partial charge in [-0.25, -0.2) is 4.98 Å². The van der Waals surface area contributed by atoms with Crippen LogP contribution in [0.25, 0.3) is 22.3 Å². The summed E-state index contributed by atoms with van der Waals surface area (Å²) in [6, 6.07) is 10.6. The van der Waals surface area contributed by atoms with Gasteiger partial charge in [0.15, 0.2) is 5.65 Å². The van der Waals surface area contributed by atoms with Crippen LogP contribution in [0.3, 0.4) is 0 Å². The van der Waals surface area contributed by atoms with Crippen LogP contribution >= 0.6 is 11.6 Å². The van der Waals surface area contributed by atoms with Crippen LogP contribution < -0.4 is 15.5 Å². The number of rotatable bonds is 8. The molecule has 0 spiro atoms. The summed E-state index contributed by atoms with van der Waals surface area (Å²) in [6.45, 7) is 4.15. The lowest BCUT2D eigenvalue weighted by Crippen LogP contribution is -2.44. The first-order chi connectivity index (χ1) is 19.3. The van der Waals surface area contributed by atoms with Crippen molar-refractivity contribution in [1.82, 2.24) is 30.0 Å². The number of carbonyl (C=O) groups excluding carboxylic acids is 1. The fourth-order valence-electron chi connectivity index (χ4n) is 4.47. The molecule has 40 heavy (non-hydrogen) atoms. The molecule has 2 aromatic heterocycles. The van der Waals surface area contributed by atoms with Gasteiger partial charge in [0.1, 0.15) is 5.75 Å². The molecule has 0 bridgehead atoms. The number of phenolic OH excluding ortho intramolecular Hbond substituents is 1. The summed E-state index contributed by atoms with van der Waals surface area (Å²) in [5.74, 6) is 0.318. The predicted molar refractivity (Wildman–Crippen MR) is 160 cm³/mol. The third-order valence-electron chi connectivity index (χ3n) is 6.61. The molecular formula is C28H32ClN9O2. The number of halogens is 1. The molecule has 0 unspecified atom stereocenters. The van der Waals surface area contributed by atoms with Crippen LogP contribution in [0.15, 0.2) is 54.7 Å². The summed E-state index contributed by atoms with van der Waals surface area (Å²) in [4.78, 5) is 28.2. The van der Waals surface area contributed by atoms with Crippen molar-refractivity contribution in [2.45, 2.75) is 0 Å². The Balaban J connectivity index is 1.44. The second-order valence-corrected chi connectivity index (χ2v) is 10.4. The molecule has 5 rings (SSSR count). The summed E-state index contributed by atoms with van der Waals surface area (Å²) in [6.07, 6.45) is 4.94. The fourth-order valence-corrected chi connectivity index (χ4v) is 4.67. The average Bonchev–Trinajstić information content (AvgIpc) is 3.40. The van der Waals surface area contributed by atoms with Gasteiger partial charge in [-0.2, -0.15) is 10.1 Å². The van der Waals surface area contributed by atoms with Gasteiger partial charge in [-0.15, -0.1) is 0 Å². The number of fused-ring (bicyclic) bond motifs is 1. The first-order valence-electron chi connectivity index (χ1n) is 12.9. The molecule has 0 atom stereocenters. The lowest BCUT2D eigenvalue weighted by atomic mass is 10.1. The molecule has 1 fully saturated rings. The zero-order chi connectivity index (χ0) is 28.2. The van der Waals surface area contributed by atoms with E-state index in [4.69, 9.17) is 16.6 Å². The van der Waals surface area contributed by atoms with Gasteiger partial charge in [0.05, 0.1) is 28.0 Å². The van der Waals surface area contributed by atoms with Crippen LogP contribution in [0, 0.1) is 0 Å². The average molecular weight is 562 g/mol. The summed E-state index contributed by atoms with van der Waals surface area (Å²) in [7, 11) is 5.96. The Morgan fingerprint density at radius 3 is 2.67 bits per heavy atom. The minimum absolute atomic E-state index is 0.225. The highest BCUT2D eigenvalue weighted by Crippen LogP contribution is 2.35. The number of aromatic amines is 1. The largest absolute Gasteiger partial charge is 0.506 e. The molecule has 1 aliphatic rings. The molecule has 1 saturated heterocycles. The molecule has 11 nitrogen and oxygen atoms in total. The predicted octanol–water partition coefficient (Wildman–Crippen LogP) is 3.93. The van der Waals surface area contributed by atoms with Crippen molar-refractivity contribution >= 4 is 51.6 Å². The van der Waals surface area contributed by atoms with E-state index in [-0.39, 0.29) is 11.7 Å². The van der Waals surface area contributed by atoms with Gasteiger partial charge in [-0.1, -0.05) is 17.7 Å². The Bertz CT molecular complexity index is 1540. The van der Waals surface area contributed by atoms with Crippen molar-refractivity contribution in [3.05, 3.63) is 59.8 Å². The number of hydrogen-bond acceptors (Lipinski definition) is 9. The van der Waals surface area contributed by atoms with E-state index in [9.17, 15) is 9.90 Å². The first-order valence-corrected chi connectivity index (χ1v) is 13.3.